The molecule has 3 heteroatoms. The molecule has 18 heavy (non-hydrogen) atoms. The average Bonchev–Trinajstić information content (AvgIpc) is 2.75. The van der Waals surface area contributed by atoms with Crippen LogP contribution < -0.4 is 5.32 Å². The number of aryl methyl sites for hydroxylation is 1. The lowest BCUT2D eigenvalue weighted by molar-refractivity contribution is 0.454. The molecule has 1 aliphatic carbocycles. The van der Waals surface area contributed by atoms with Gasteiger partial charge in [0.05, 0.1) is 0 Å². The molecule has 0 spiro atoms. The lowest BCUT2D eigenvalue weighted by Crippen LogP contribution is -2.25. The van der Waals surface area contributed by atoms with Gasteiger partial charge in [-0.25, -0.2) is 0 Å². The summed E-state index contributed by atoms with van der Waals surface area (Å²) < 4.78 is 1.17. The summed E-state index contributed by atoms with van der Waals surface area (Å²) >= 11 is 3.57. The van der Waals surface area contributed by atoms with Crippen LogP contribution in [0.15, 0.2) is 22.7 Å². The molecule has 96 valence electrons. The molecule has 0 fully saturated rings. The molecule has 1 unspecified atom stereocenters. The van der Waals surface area contributed by atoms with Gasteiger partial charge in [-0.1, -0.05) is 22.9 Å². The summed E-state index contributed by atoms with van der Waals surface area (Å²) in [6.45, 7) is 3.32. The van der Waals surface area contributed by atoms with Gasteiger partial charge in [0.15, 0.2) is 0 Å². The summed E-state index contributed by atoms with van der Waals surface area (Å²) in [6, 6.07) is 7.04. The summed E-state index contributed by atoms with van der Waals surface area (Å²) in [7, 11) is 0. The molecule has 0 aliphatic heterocycles. The summed E-state index contributed by atoms with van der Waals surface area (Å²) in [5, 5.41) is 5.05. The maximum Gasteiger partial charge on any atom is 0.0476 e. The van der Waals surface area contributed by atoms with Crippen LogP contribution in [0.1, 0.15) is 43.5 Å². The third-order valence-electron chi connectivity index (χ3n) is 3.81. The molecule has 1 aromatic carbocycles. The first-order valence-corrected chi connectivity index (χ1v) is 7.62. The Balaban J connectivity index is 2.04. The zero-order chi connectivity index (χ0) is 12.5. The van der Waals surface area contributed by atoms with Gasteiger partial charge in [-0.2, -0.15) is 0 Å². The Bertz CT molecular complexity index is 559. The standard InChI is InChI=1S/C15H19BrN2/c1-2-8-17-14-5-3-4-11-12-9-10(16)6-7-13(12)18-15(11)14/h6-7,9,14,17-18H,2-5,8H2,1H3. The zero-order valence-corrected chi connectivity index (χ0v) is 12.3. The highest BCUT2D eigenvalue weighted by Crippen LogP contribution is 2.35. The number of nitrogens with one attached hydrogen (secondary N) is 2. The first kappa shape index (κ1) is 12.2. The number of benzene rings is 1. The molecule has 0 radical (unpaired) electrons. The van der Waals surface area contributed by atoms with Crippen LogP contribution in [0.3, 0.4) is 0 Å². The zero-order valence-electron chi connectivity index (χ0n) is 10.7. The fourth-order valence-electron chi connectivity index (χ4n) is 2.96. The van der Waals surface area contributed by atoms with E-state index in [9.17, 15) is 0 Å². The first-order valence-electron chi connectivity index (χ1n) is 6.83. The fourth-order valence-corrected chi connectivity index (χ4v) is 3.32. The fraction of sp³-hybridized carbons (Fsp3) is 0.467. The summed E-state index contributed by atoms with van der Waals surface area (Å²) in [6.07, 6.45) is 4.93. The second-order valence-corrected chi connectivity index (χ2v) is 6.02. The minimum Gasteiger partial charge on any atom is -0.357 e. The highest BCUT2D eigenvalue weighted by molar-refractivity contribution is 9.10. The Morgan fingerprint density at radius 1 is 1.44 bits per heavy atom. The van der Waals surface area contributed by atoms with Gasteiger partial charge in [0.25, 0.3) is 0 Å². The van der Waals surface area contributed by atoms with Crippen molar-refractivity contribution < 1.29 is 0 Å². The van der Waals surface area contributed by atoms with Crippen LogP contribution in [-0.2, 0) is 6.42 Å². The van der Waals surface area contributed by atoms with Crippen LogP contribution in [0.5, 0.6) is 0 Å². The molecule has 1 aliphatic rings. The Morgan fingerprint density at radius 2 is 2.33 bits per heavy atom. The minimum atomic E-state index is 0.514. The predicted octanol–water partition coefficient (Wildman–Crippen LogP) is 4.31. The monoisotopic (exact) mass is 306 g/mol. The van der Waals surface area contributed by atoms with E-state index in [4.69, 9.17) is 0 Å². The number of fused-ring (bicyclic) bond motifs is 3. The molecule has 2 N–H and O–H groups in total. The van der Waals surface area contributed by atoms with Crippen LogP contribution in [0, 0.1) is 0 Å². The number of aromatic nitrogens is 1. The SMILES string of the molecule is CCCNC1CCCc2c1[nH]c1ccc(Br)cc21. The van der Waals surface area contributed by atoms with Crippen molar-refractivity contribution in [3.8, 4) is 0 Å². The number of hydrogen-bond acceptors (Lipinski definition) is 1. The molecule has 0 amide bonds. The molecule has 0 bridgehead atoms. The maximum absolute atomic E-state index is 3.66. The Kier molecular flexibility index (Phi) is 3.44. The molecule has 0 saturated heterocycles. The van der Waals surface area contributed by atoms with Crippen molar-refractivity contribution in [1.82, 2.24) is 10.3 Å². The molecule has 1 aromatic heterocycles. The topological polar surface area (TPSA) is 27.8 Å². The largest absolute Gasteiger partial charge is 0.357 e. The molecule has 1 heterocycles. The van der Waals surface area contributed by atoms with E-state index in [2.05, 4.69) is 51.4 Å². The second-order valence-electron chi connectivity index (χ2n) is 5.11. The molecular weight excluding hydrogens is 288 g/mol. The number of hydrogen-bond donors (Lipinski definition) is 2. The molecule has 2 nitrogen and oxygen atoms in total. The molecule has 3 rings (SSSR count). The summed E-state index contributed by atoms with van der Waals surface area (Å²) in [5.74, 6) is 0. The molecule has 0 saturated carbocycles. The number of H-pyrrole nitrogens is 1. The van der Waals surface area contributed by atoms with Gasteiger partial charge >= 0.3 is 0 Å². The van der Waals surface area contributed by atoms with E-state index in [-0.39, 0.29) is 0 Å². The smallest absolute Gasteiger partial charge is 0.0476 e. The lowest BCUT2D eigenvalue weighted by atomic mass is 9.91. The Hall–Kier alpha value is -0.800. The molecule has 1 atom stereocenters. The predicted molar refractivity (Wildman–Crippen MR) is 80.0 cm³/mol. The van der Waals surface area contributed by atoms with Gasteiger partial charge in [0, 0.05) is 27.1 Å². The number of aromatic amines is 1. The van der Waals surface area contributed by atoms with E-state index in [0.29, 0.717) is 6.04 Å². The van der Waals surface area contributed by atoms with Crippen LogP contribution in [0.2, 0.25) is 0 Å². The highest BCUT2D eigenvalue weighted by atomic mass is 79.9. The van der Waals surface area contributed by atoms with Crippen molar-refractivity contribution in [1.29, 1.82) is 0 Å². The van der Waals surface area contributed by atoms with Gasteiger partial charge in [-0.15, -0.1) is 0 Å². The third-order valence-corrected chi connectivity index (χ3v) is 4.30. The van der Waals surface area contributed by atoms with Crippen LogP contribution in [-0.4, -0.2) is 11.5 Å². The van der Waals surface area contributed by atoms with E-state index in [1.165, 1.54) is 52.3 Å². The Morgan fingerprint density at radius 3 is 3.17 bits per heavy atom. The van der Waals surface area contributed by atoms with Crippen molar-refractivity contribution in [3.63, 3.8) is 0 Å². The van der Waals surface area contributed by atoms with Gasteiger partial charge in [-0.05, 0) is 56.0 Å². The van der Waals surface area contributed by atoms with Crippen molar-refractivity contribution >= 4 is 26.8 Å². The van der Waals surface area contributed by atoms with E-state index >= 15 is 0 Å². The van der Waals surface area contributed by atoms with Gasteiger partial charge in [-0.3, -0.25) is 0 Å². The lowest BCUT2D eigenvalue weighted by Gasteiger charge is -2.23. The van der Waals surface area contributed by atoms with Gasteiger partial charge in [0.2, 0.25) is 0 Å². The van der Waals surface area contributed by atoms with Crippen LogP contribution in [0.4, 0.5) is 0 Å². The average molecular weight is 307 g/mol. The molecular formula is C15H19BrN2. The van der Waals surface area contributed by atoms with E-state index < -0.39 is 0 Å². The van der Waals surface area contributed by atoms with Gasteiger partial charge in [0.1, 0.15) is 0 Å². The number of halogens is 1. The number of rotatable bonds is 3. The maximum atomic E-state index is 3.66. The van der Waals surface area contributed by atoms with Crippen LogP contribution >= 0.6 is 15.9 Å². The summed E-state index contributed by atoms with van der Waals surface area (Å²) in [4.78, 5) is 3.62. The van der Waals surface area contributed by atoms with Crippen molar-refractivity contribution in [2.45, 2.75) is 38.6 Å². The second kappa shape index (κ2) is 5.06. The van der Waals surface area contributed by atoms with E-state index in [1.54, 1.807) is 0 Å². The highest BCUT2D eigenvalue weighted by Gasteiger charge is 2.23. The first-order chi connectivity index (χ1) is 8.79. The summed E-state index contributed by atoms with van der Waals surface area (Å²) in [5.41, 5.74) is 4.21. The molecule has 2 aromatic rings. The van der Waals surface area contributed by atoms with Crippen molar-refractivity contribution in [3.05, 3.63) is 33.9 Å². The normalized spacial score (nSPS) is 19.1. The van der Waals surface area contributed by atoms with Gasteiger partial charge < -0.3 is 10.3 Å². The third kappa shape index (κ3) is 2.10. The quantitative estimate of drug-likeness (QED) is 0.869. The minimum absolute atomic E-state index is 0.514. The Labute approximate surface area is 116 Å². The van der Waals surface area contributed by atoms with E-state index in [1.807, 2.05) is 0 Å². The van der Waals surface area contributed by atoms with Crippen molar-refractivity contribution in [2.75, 3.05) is 6.54 Å². The van der Waals surface area contributed by atoms with E-state index in [0.717, 1.165) is 6.54 Å². The van der Waals surface area contributed by atoms with Crippen LogP contribution in [0.25, 0.3) is 10.9 Å². The van der Waals surface area contributed by atoms with Crippen molar-refractivity contribution in [2.24, 2.45) is 0 Å².